The Labute approximate surface area is 184 Å². The van der Waals surface area contributed by atoms with E-state index in [0.717, 1.165) is 6.42 Å². The monoisotopic (exact) mass is 424 g/mol. The molecule has 0 aliphatic heterocycles. The predicted octanol–water partition coefficient (Wildman–Crippen LogP) is 4.26. The van der Waals surface area contributed by atoms with Gasteiger partial charge in [0.05, 0.1) is 18.4 Å². The van der Waals surface area contributed by atoms with Crippen LogP contribution in [0.4, 0.5) is 0 Å². The smallest absolute Gasteiger partial charge is 0.276 e. The molecule has 0 radical (unpaired) electrons. The summed E-state index contributed by atoms with van der Waals surface area (Å²) in [7, 11) is 1.52. The van der Waals surface area contributed by atoms with Crippen molar-refractivity contribution >= 4 is 0 Å². The molecule has 166 valence electrons. The molecule has 3 aromatic rings. The van der Waals surface area contributed by atoms with Gasteiger partial charge in [-0.15, -0.1) is 0 Å². The van der Waals surface area contributed by atoms with Gasteiger partial charge < -0.3 is 14.6 Å². The normalized spacial score (nSPS) is 10.8. The average Bonchev–Trinajstić information content (AvgIpc) is 2.74. The van der Waals surface area contributed by atoms with Crippen LogP contribution < -0.4 is 15.0 Å². The van der Waals surface area contributed by atoms with Crippen molar-refractivity contribution < 1.29 is 14.6 Å². The summed E-state index contributed by atoms with van der Waals surface area (Å²) in [5.74, 6) is 0.996. The summed E-state index contributed by atoms with van der Waals surface area (Å²) in [5.41, 5.74) is 2.71. The highest BCUT2D eigenvalue weighted by atomic mass is 16.5. The lowest BCUT2D eigenvalue weighted by atomic mass is 10.1. The van der Waals surface area contributed by atoms with E-state index in [1.165, 1.54) is 22.8 Å². The molecule has 0 bridgehead atoms. The number of methoxy groups -OCH3 is 1. The highest BCUT2D eigenvalue weighted by molar-refractivity contribution is 5.49. The zero-order valence-corrected chi connectivity index (χ0v) is 19.2. The molecule has 0 atom stereocenters. The van der Waals surface area contributed by atoms with Crippen molar-refractivity contribution in [3.05, 3.63) is 82.0 Å². The summed E-state index contributed by atoms with van der Waals surface area (Å²) in [6, 6.07) is 13.8. The van der Waals surface area contributed by atoms with Gasteiger partial charge in [0.15, 0.2) is 11.5 Å². The van der Waals surface area contributed by atoms with E-state index >= 15 is 0 Å². The Bertz CT molecular complexity index is 1030. The van der Waals surface area contributed by atoms with Crippen LogP contribution in [0.5, 0.6) is 11.5 Å². The summed E-state index contributed by atoms with van der Waals surface area (Å²) < 4.78 is 12.4. The van der Waals surface area contributed by atoms with Crippen molar-refractivity contribution in [3.8, 4) is 17.2 Å². The maximum atomic E-state index is 12.1. The zero-order chi connectivity index (χ0) is 23.0. The van der Waals surface area contributed by atoms with Crippen molar-refractivity contribution in [3.63, 3.8) is 0 Å². The fourth-order valence-electron chi connectivity index (χ4n) is 2.72. The summed E-state index contributed by atoms with van der Waals surface area (Å²) in [5, 5.41) is 9.72. The molecule has 1 N–H and O–H groups in total. The lowest BCUT2D eigenvalue weighted by Gasteiger charge is -2.19. The number of aliphatic hydroxyl groups is 1. The van der Waals surface area contributed by atoms with Gasteiger partial charge in [-0.05, 0) is 51.8 Å². The van der Waals surface area contributed by atoms with Crippen molar-refractivity contribution in [2.24, 2.45) is 0 Å². The SMILES string of the molecule is CCc1ccc(C)cc1.COc1cc(-n2ccnc(C)c2=O)ccc1OCC(C)(C)O. The van der Waals surface area contributed by atoms with Gasteiger partial charge in [-0.2, -0.15) is 0 Å². The minimum Gasteiger partial charge on any atom is -0.493 e. The van der Waals surface area contributed by atoms with E-state index in [4.69, 9.17) is 9.47 Å². The van der Waals surface area contributed by atoms with Crippen LogP contribution in [0.25, 0.3) is 5.69 Å². The minimum atomic E-state index is -0.942. The molecule has 0 spiro atoms. The van der Waals surface area contributed by atoms with Crippen molar-refractivity contribution in [1.29, 1.82) is 0 Å². The first-order valence-electron chi connectivity index (χ1n) is 10.3. The molecule has 31 heavy (non-hydrogen) atoms. The van der Waals surface area contributed by atoms with Crippen LogP contribution in [0.15, 0.2) is 59.7 Å². The summed E-state index contributed by atoms with van der Waals surface area (Å²) >= 11 is 0. The van der Waals surface area contributed by atoms with E-state index in [1.54, 1.807) is 51.4 Å². The number of rotatable bonds is 6. The third-order valence-corrected chi connectivity index (χ3v) is 4.55. The Balaban J connectivity index is 0.000000316. The highest BCUT2D eigenvalue weighted by Gasteiger charge is 2.16. The van der Waals surface area contributed by atoms with E-state index < -0.39 is 5.60 Å². The molecular formula is C25H32N2O4. The predicted molar refractivity (Wildman–Crippen MR) is 123 cm³/mol. The first-order valence-corrected chi connectivity index (χ1v) is 10.3. The number of ether oxygens (including phenoxy) is 2. The van der Waals surface area contributed by atoms with Gasteiger partial charge in [-0.25, -0.2) is 0 Å². The van der Waals surface area contributed by atoms with Crippen LogP contribution >= 0.6 is 0 Å². The zero-order valence-electron chi connectivity index (χ0n) is 19.2. The third-order valence-electron chi connectivity index (χ3n) is 4.55. The largest absolute Gasteiger partial charge is 0.493 e. The van der Waals surface area contributed by atoms with Gasteiger partial charge in [0.1, 0.15) is 12.3 Å². The van der Waals surface area contributed by atoms with Crippen LogP contribution in [0.2, 0.25) is 0 Å². The molecule has 1 aromatic heterocycles. The van der Waals surface area contributed by atoms with E-state index in [9.17, 15) is 9.90 Å². The number of aromatic nitrogens is 2. The molecular weight excluding hydrogens is 392 g/mol. The molecule has 3 rings (SSSR count). The van der Waals surface area contributed by atoms with Crippen LogP contribution in [-0.4, -0.2) is 34.0 Å². The van der Waals surface area contributed by atoms with Gasteiger partial charge in [0.25, 0.3) is 5.56 Å². The molecule has 0 fully saturated rings. The van der Waals surface area contributed by atoms with Gasteiger partial charge in [-0.3, -0.25) is 14.3 Å². The van der Waals surface area contributed by atoms with Gasteiger partial charge in [0, 0.05) is 18.5 Å². The number of aryl methyl sites for hydroxylation is 3. The van der Waals surface area contributed by atoms with E-state index in [1.807, 2.05) is 0 Å². The second-order valence-electron chi connectivity index (χ2n) is 7.96. The van der Waals surface area contributed by atoms with E-state index in [-0.39, 0.29) is 12.2 Å². The Morgan fingerprint density at radius 2 is 1.74 bits per heavy atom. The molecule has 0 saturated heterocycles. The molecule has 1 heterocycles. The maximum Gasteiger partial charge on any atom is 0.276 e. The van der Waals surface area contributed by atoms with Crippen molar-refractivity contribution in [2.45, 2.75) is 46.6 Å². The van der Waals surface area contributed by atoms with E-state index in [0.29, 0.717) is 22.9 Å². The van der Waals surface area contributed by atoms with Crippen LogP contribution in [0.1, 0.15) is 37.6 Å². The lowest BCUT2D eigenvalue weighted by molar-refractivity contribution is 0.0276. The fraction of sp³-hybridized carbons (Fsp3) is 0.360. The Morgan fingerprint density at radius 1 is 1.06 bits per heavy atom. The fourth-order valence-corrected chi connectivity index (χ4v) is 2.72. The molecule has 6 heteroatoms. The Morgan fingerprint density at radius 3 is 2.32 bits per heavy atom. The highest BCUT2D eigenvalue weighted by Crippen LogP contribution is 2.29. The summed E-state index contributed by atoms with van der Waals surface area (Å²) in [6.07, 6.45) is 4.31. The quantitative estimate of drug-likeness (QED) is 0.640. The van der Waals surface area contributed by atoms with Gasteiger partial charge in [0.2, 0.25) is 0 Å². The Kier molecular flexibility index (Phi) is 8.39. The standard InChI is InChI=1S/C16H20N2O4.C9H12/c1-11-15(19)18(8-7-17-11)12-5-6-13(14(9-12)21-4)22-10-16(2,3)20;1-3-9-6-4-8(2)5-7-9/h5-9,20H,10H2,1-4H3;4-7H,3H2,1-2H3. The average molecular weight is 425 g/mol. The number of hydrogen-bond donors (Lipinski definition) is 1. The Hall–Kier alpha value is -3.12. The number of hydrogen-bond acceptors (Lipinski definition) is 5. The first-order chi connectivity index (χ1) is 14.6. The molecule has 6 nitrogen and oxygen atoms in total. The molecule has 0 aliphatic carbocycles. The molecule has 0 unspecified atom stereocenters. The van der Waals surface area contributed by atoms with Crippen molar-refractivity contribution in [2.75, 3.05) is 13.7 Å². The van der Waals surface area contributed by atoms with Crippen molar-refractivity contribution in [1.82, 2.24) is 9.55 Å². The van der Waals surface area contributed by atoms with Crippen LogP contribution in [0.3, 0.4) is 0 Å². The van der Waals surface area contributed by atoms with Gasteiger partial charge >= 0.3 is 0 Å². The summed E-state index contributed by atoms with van der Waals surface area (Å²) in [4.78, 5) is 16.1. The first kappa shape index (κ1) is 24.2. The molecule has 0 amide bonds. The summed E-state index contributed by atoms with van der Waals surface area (Å²) in [6.45, 7) is 9.40. The minimum absolute atomic E-state index is 0.136. The molecule has 0 saturated carbocycles. The molecule has 2 aromatic carbocycles. The van der Waals surface area contributed by atoms with Crippen LogP contribution in [-0.2, 0) is 6.42 Å². The maximum absolute atomic E-state index is 12.1. The topological polar surface area (TPSA) is 73.6 Å². The number of benzene rings is 2. The lowest BCUT2D eigenvalue weighted by Crippen LogP contribution is -2.28. The van der Waals surface area contributed by atoms with Gasteiger partial charge in [-0.1, -0.05) is 36.8 Å². The third kappa shape index (κ3) is 7.26. The van der Waals surface area contributed by atoms with E-state index in [2.05, 4.69) is 43.1 Å². The second kappa shape index (κ2) is 10.8. The number of nitrogens with zero attached hydrogens (tertiary/aromatic N) is 2. The molecule has 0 aliphatic rings. The van der Waals surface area contributed by atoms with Crippen LogP contribution in [0, 0.1) is 13.8 Å². The second-order valence-corrected chi connectivity index (χ2v) is 7.96.